The molecule has 0 N–H and O–H groups in total. The van der Waals surface area contributed by atoms with Gasteiger partial charge in [-0.1, -0.05) is 164 Å². The Hall–Kier alpha value is -7.11. The lowest BCUT2D eigenvalue weighted by atomic mass is 9.94. The molecule has 0 aliphatic rings. The Kier molecular flexibility index (Phi) is 8.92. The number of anilines is 3. The third kappa shape index (κ3) is 6.59. The molecule has 0 radical (unpaired) electrons. The van der Waals surface area contributed by atoms with Crippen molar-refractivity contribution >= 4 is 70.1 Å². The number of thiazole rings is 1. The van der Waals surface area contributed by atoms with Gasteiger partial charge in [0.2, 0.25) is 0 Å². The molecule has 0 unspecified atom stereocenters. The molecule has 2 aromatic heterocycles. The van der Waals surface area contributed by atoms with Crippen molar-refractivity contribution in [3.8, 4) is 55.1 Å². The number of thiophene rings is 1. The van der Waals surface area contributed by atoms with Crippen molar-refractivity contribution in [1.82, 2.24) is 4.98 Å². The van der Waals surface area contributed by atoms with Crippen LogP contribution in [-0.4, -0.2) is 4.98 Å². The van der Waals surface area contributed by atoms with Gasteiger partial charge in [0.25, 0.3) is 0 Å². The molecule has 0 bridgehead atoms. The summed E-state index contributed by atoms with van der Waals surface area (Å²) in [5.41, 5.74) is 15.2. The number of hydrogen-bond donors (Lipinski definition) is 0. The van der Waals surface area contributed by atoms with Crippen LogP contribution in [0.2, 0.25) is 0 Å². The molecule has 0 aliphatic carbocycles. The Balaban J connectivity index is 0.982. The lowest BCUT2D eigenvalue weighted by Gasteiger charge is -2.26. The highest BCUT2D eigenvalue weighted by Crippen LogP contribution is 2.44. The van der Waals surface area contributed by atoms with E-state index < -0.39 is 0 Å². The van der Waals surface area contributed by atoms with Gasteiger partial charge in [-0.05, 0) is 99.1 Å². The van der Waals surface area contributed by atoms with Crippen molar-refractivity contribution < 1.29 is 0 Å². The van der Waals surface area contributed by atoms with Crippen LogP contribution in [0.15, 0.2) is 218 Å². The Morgan fingerprint density at radius 3 is 1.37 bits per heavy atom. The van der Waals surface area contributed by atoms with Crippen molar-refractivity contribution in [2.45, 2.75) is 0 Å². The fraction of sp³-hybridized carbons (Fsp3) is 0. The molecule has 0 amide bonds. The van der Waals surface area contributed by atoms with Gasteiger partial charge < -0.3 is 4.90 Å². The predicted octanol–water partition coefficient (Wildman–Crippen LogP) is 16.5. The Bertz CT molecular complexity index is 3220. The van der Waals surface area contributed by atoms with Crippen LogP contribution in [0.1, 0.15) is 0 Å². The number of fused-ring (bicyclic) bond motifs is 4. The maximum absolute atomic E-state index is 5.09. The highest BCUT2D eigenvalue weighted by atomic mass is 32.1. The van der Waals surface area contributed by atoms with Crippen LogP contribution in [0.5, 0.6) is 0 Å². The van der Waals surface area contributed by atoms with Gasteiger partial charge in [-0.25, -0.2) is 4.98 Å². The van der Waals surface area contributed by atoms with Gasteiger partial charge in [-0.2, -0.15) is 0 Å². The van der Waals surface area contributed by atoms with E-state index in [0.29, 0.717) is 0 Å². The van der Waals surface area contributed by atoms with E-state index in [1.165, 1.54) is 69.4 Å². The van der Waals surface area contributed by atoms with E-state index in [9.17, 15) is 0 Å². The first-order valence-electron chi connectivity index (χ1n) is 19.9. The van der Waals surface area contributed by atoms with Crippen molar-refractivity contribution in [3.63, 3.8) is 0 Å². The minimum absolute atomic E-state index is 1.05. The zero-order valence-corrected chi connectivity index (χ0v) is 33.6. The Labute approximate surface area is 351 Å². The SMILES string of the molecule is c1ccc(-c2ccc(N(c3ccc(-c4ccccc4-c4ccccc4)cc3)c3ccc(-c4cccc5sc6cc7sc(-c8ccccc8)nc7cc6c45)cc3)cc2)cc1. The molecule has 278 valence electrons. The molecule has 0 aliphatic heterocycles. The summed E-state index contributed by atoms with van der Waals surface area (Å²) in [7, 11) is 0. The number of rotatable bonds is 8. The fourth-order valence-corrected chi connectivity index (χ4v) is 10.5. The molecule has 0 saturated carbocycles. The quantitative estimate of drug-likeness (QED) is 0.152. The number of aromatic nitrogens is 1. The van der Waals surface area contributed by atoms with Crippen LogP contribution in [0.4, 0.5) is 17.1 Å². The van der Waals surface area contributed by atoms with E-state index >= 15 is 0 Å². The highest BCUT2D eigenvalue weighted by Gasteiger charge is 2.17. The minimum Gasteiger partial charge on any atom is -0.311 e. The lowest BCUT2D eigenvalue weighted by Crippen LogP contribution is -2.09. The first-order valence-corrected chi connectivity index (χ1v) is 21.5. The van der Waals surface area contributed by atoms with Crippen LogP contribution in [0.3, 0.4) is 0 Å². The smallest absolute Gasteiger partial charge is 0.124 e. The van der Waals surface area contributed by atoms with Crippen LogP contribution >= 0.6 is 22.7 Å². The largest absolute Gasteiger partial charge is 0.311 e. The van der Waals surface area contributed by atoms with Gasteiger partial charge in [0.15, 0.2) is 0 Å². The summed E-state index contributed by atoms with van der Waals surface area (Å²) >= 11 is 3.63. The van der Waals surface area contributed by atoms with Gasteiger partial charge in [-0.15, -0.1) is 22.7 Å². The van der Waals surface area contributed by atoms with E-state index in [4.69, 9.17) is 4.98 Å². The zero-order valence-electron chi connectivity index (χ0n) is 32.0. The summed E-state index contributed by atoms with van der Waals surface area (Å²) < 4.78 is 3.80. The molecule has 2 nitrogen and oxygen atoms in total. The molecule has 0 fully saturated rings. The van der Waals surface area contributed by atoms with Crippen molar-refractivity contribution in [2.75, 3.05) is 4.90 Å². The maximum Gasteiger partial charge on any atom is 0.124 e. The Morgan fingerprint density at radius 2 is 0.780 bits per heavy atom. The number of nitrogens with zero attached hydrogens (tertiary/aromatic N) is 2. The van der Waals surface area contributed by atoms with Crippen LogP contribution < -0.4 is 4.90 Å². The normalized spacial score (nSPS) is 11.4. The summed E-state index contributed by atoms with van der Waals surface area (Å²) in [6.45, 7) is 0. The van der Waals surface area contributed by atoms with Crippen molar-refractivity contribution in [2.24, 2.45) is 0 Å². The molecule has 9 aromatic carbocycles. The van der Waals surface area contributed by atoms with E-state index in [-0.39, 0.29) is 0 Å². The molecular formula is C55H36N2S2. The molecular weight excluding hydrogens is 753 g/mol. The predicted molar refractivity (Wildman–Crippen MR) is 254 cm³/mol. The first-order chi connectivity index (χ1) is 29.2. The summed E-state index contributed by atoms with van der Waals surface area (Å²) in [5, 5.41) is 3.61. The van der Waals surface area contributed by atoms with Gasteiger partial charge in [0.05, 0.1) is 10.2 Å². The minimum atomic E-state index is 1.05. The third-order valence-electron chi connectivity index (χ3n) is 11.1. The average molecular weight is 789 g/mol. The van der Waals surface area contributed by atoms with Gasteiger partial charge >= 0.3 is 0 Å². The van der Waals surface area contributed by atoms with Crippen molar-refractivity contribution in [3.05, 3.63) is 218 Å². The summed E-state index contributed by atoms with van der Waals surface area (Å²) in [6.07, 6.45) is 0. The average Bonchev–Trinajstić information content (AvgIpc) is 3.91. The first kappa shape index (κ1) is 35.1. The molecule has 0 spiro atoms. The zero-order chi connectivity index (χ0) is 39.1. The van der Waals surface area contributed by atoms with E-state index in [0.717, 1.165) is 33.1 Å². The highest BCUT2D eigenvalue weighted by molar-refractivity contribution is 7.26. The standard InChI is InChI=1S/C55H36N2S2/c1-4-13-37(14-5-1)38-23-29-43(30-24-38)57(44-31-25-40(26-32-44)47-20-11-10-19-46(47)39-15-6-2-7-16-39)45-33-27-41(28-34-45)48-21-12-22-51-54(48)49-35-50-53(36-52(49)58-51)59-55(56-50)42-17-8-3-9-18-42/h1-36H. The van der Waals surface area contributed by atoms with Crippen LogP contribution in [0.25, 0.3) is 85.5 Å². The van der Waals surface area contributed by atoms with Gasteiger partial charge in [0.1, 0.15) is 5.01 Å². The van der Waals surface area contributed by atoms with Crippen molar-refractivity contribution in [1.29, 1.82) is 0 Å². The monoisotopic (exact) mass is 788 g/mol. The third-order valence-corrected chi connectivity index (χ3v) is 13.3. The molecule has 11 rings (SSSR count). The number of hydrogen-bond acceptors (Lipinski definition) is 4. The van der Waals surface area contributed by atoms with E-state index in [2.05, 4.69) is 223 Å². The molecule has 2 heterocycles. The second-order valence-corrected chi connectivity index (χ2v) is 16.8. The molecule has 59 heavy (non-hydrogen) atoms. The summed E-state index contributed by atoms with van der Waals surface area (Å²) in [4.78, 5) is 7.45. The number of benzene rings is 9. The summed E-state index contributed by atoms with van der Waals surface area (Å²) in [5.74, 6) is 0. The molecule has 11 aromatic rings. The lowest BCUT2D eigenvalue weighted by molar-refractivity contribution is 1.28. The van der Waals surface area contributed by atoms with E-state index in [1.54, 1.807) is 11.3 Å². The molecule has 0 atom stereocenters. The second kappa shape index (κ2) is 15.0. The topological polar surface area (TPSA) is 16.1 Å². The van der Waals surface area contributed by atoms with Gasteiger partial charge in [-0.3, -0.25) is 0 Å². The molecule has 0 saturated heterocycles. The molecule has 4 heteroatoms. The Morgan fingerprint density at radius 1 is 0.322 bits per heavy atom. The van der Waals surface area contributed by atoms with E-state index in [1.807, 2.05) is 11.3 Å². The van der Waals surface area contributed by atoms with Gasteiger partial charge in [0, 0.05) is 42.8 Å². The second-order valence-electron chi connectivity index (χ2n) is 14.7. The maximum atomic E-state index is 5.09. The van der Waals surface area contributed by atoms with Crippen LogP contribution in [0, 0.1) is 0 Å². The fourth-order valence-electron chi connectivity index (χ4n) is 8.26. The summed E-state index contributed by atoms with van der Waals surface area (Å²) in [6, 6.07) is 78.7. The van der Waals surface area contributed by atoms with Crippen LogP contribution in [-0.2, 0) is 0 Å².